The molecule has 3 rings (SSSR count). The van der Waals surface area contributed by atoms with Crippen molar-refractivity contribution in [1.82, 2.24) is 0 Å². The van der Waals surface area contributed by atoms with Crippen LogP contribution in [0.4, 0.5) is 0 Å². The molecule has 2 aromatic carbocycles. The predicted octanol–water partition coefficient (Wildman–Crippen LogP) is 4.05. The van der Waals surface area contributed by atoms with Gasteiger partial charge in [0.1, 0.15) is 0 Å². The smallest absolute Gasteiger partial charge is 0.163 e. The average molecular weight is 328 g/mol. The fourth-order valence-corrected chi connectivity index (χ4v) is 5.62. The Balaban J connectivity index is 1.88. The average Bonchev–Trinajstić information content (AvgIpc) is 2.88. The molecule has 23 heavy (non-hydrogen) atoms. The SMILES string of the molecule is CC[C@H]1OC(C)(C)O[C@@H]1CP(c1ccccc1)c1ccccc1. The maximum atomic E-state index is 6.22. The normalized spacial score (nSPS) is 23.3. The zero-order chi connectivity index (χ0) is 16.3. The van der Waals surface area contributed by atoms with Crippen LogP contribution in [0.25, 0.3) is 0 Å². The van der Waals surface area contributed by atoms with Gasteiger partial charge in [-0.2, -0.15) is 0 Å². The molecule has 0 aromatic heterocycles. The minimum absolute atomic E-state index is 0.154. The Bertz CT molecular complexity index is 573. The molecule has 2 atom stereocenters. The lowest BCUT2D eigenvalue weighted by Gasteiger charge is -2.24. The van der Waals surface area contributed by atoms with Crippen LogP contribution in [0, 0.1) is 0 Å². The molecule has 0 N–H and O–H groups in total. The molecular weight excluding hydrogens is 303 g/mol. The third-order valence-electron chi connectivity index (χ3n) is 4.19. The van der Waals surface area contributed by atoms with Gasteiger partial charge in [0.15, 0.2) is 5.79 Å². The van der Waals surface area contributed by atoms with E-state index in [2.05, 4.69) is 67.6 Å². The molecule has 122 valence electrons. The van der Waals surface area contributed by atoms with Crippen molar-refractivity contribution in [2.24, 2.45) is 0 Å². The van der Waals surface area contributed by atoms with E-state index >= 15 is 0 Å². The molecule has 0 saturated carbocycles. The molecule has 3 heteroatoms. The van der Waals surface area contributed by atoms with Gasteiger partial charge in [0.25, 0.3) is 0 Å². The second kappa shape index (κ2) is 7.13. The van der Waals surface area contributed by atoms with Crippen molar-refractivity contribution >= 4 is 18.5 Å². The third-order valence-corrected chi connectivity index (χ3v) is 6.75. The van der Waals surface area contributed by atoms with Crippen LogP contribution < -0.4 is 10.6 Å². The van der Waals surface area contributed by atoms with Gasteiger partial charge in [-0.3, -0.25) is 0 Å². The topological polar surface area (TPSA) is 18.5 Å². The molecule has 1 aliphatic rings. The first-order chi connectivity index (χ1) is 11.1. The van der Waals surface area contributed by atoms with Crippen LogP contribution in [0.2, 0.25) is 0 Å². The number of benzene rings is 2. The van der Waals surface area contributed by atoms with Crippen molar-refractivity contribution in [3.8, 4) is 0 Å². The fourth-order valence-electron chi connectivity index (χ4n) is 3.17. The van der Waals surface area contributed by atoms with Crippen LogP contribution in [-0.2, 0) is 9.47 Å². The first-order valence-corrected chi connectivity index (χ1v) is 9.85. The summed E-state index contributed by atoms with van der Waals surface area (Å²) < 4.78 is 12.3. The van der Waals surface area contributed by atoms with Crippen molar-refractivity contribution in [3.63, 3.8) is 0 Å². The number of rotatable bonds is 5. The Kier molecular flexibility index (Phi) is 5.16. The first-order valence-electron chi connectivity index (χ1n) is 8.32. The van der Waals surface area contributed by atoms with E-state index in [-0.39, 0.29) is 12.2 Å². The Hall–Kier alpha value is -1.21. The van der Waals surface area contributed by atoms with Crippen molar-refractivity contribution in [3.05, 3.63) is 60.7 Å². The molecular formula is C20H25O2P. The van der Waals surface area contributed by atoms with Crippen LogP contribution in [-0.4, -0.2) is 24.2 Å². The fraction of sp³-hybridized carbons (Fsp3) is 0.400. The predicted molar refractivity (Wildman–Crippen MR) is 98.1 cm³/mol. The molecule has 0 aliphatic carbocycles. The van der Waals surface area contributed by atoms with Crippen molar-refractivity contribution in [2.75, 3.05) is 6.16 Å². The zero-order valence-electron chi connectivity index (χ0n) is 14.1. The van der Waals surface area contributed by atoms with E-state index in [1.165, 1.54) is 10.6 Å². The molecule has 0 radical (unpaired) electrons. The molecule has 1 fully saturated rings. The highest BCUT2D eigenvalue weighted by Gasteiger charge is 2.41. The van der Waals surface area contributed by atoms with E-state index < -0.39 is 13.7 Å². The largest absolute Gasteiger partial charge is 0.345 e. The monoisotopic (exact) mass is 328 g/mol. The minimum Gasteiger partial charge on any atom is -0.345 e. The van der Waals surface area contributed by atoms with Crippen molar-refractivity contribution < 1.29 is 9.47 Å². The van der Waals surface area contributed by atoms with Crippen LogP contribution in [0.5, 0.6) is 0 Å². The maximum absolute atomic E-state index is 6.22. The molecule has 1 saturated heterocycles. The lowest BCUT2D eigenvalue weighted by atomic mass is 10.2. The molecule has 0 unspecified atom stereocenters. The molecule has 0 bridgehead atoms. The lowest BCUT2D eigenvalue weighted by molar-refractivity contribution is -0.144. The Morgan fingerprint density at radius 1 is 0.826 bits per heavy atom. The van der Waals surface area contributed by atoms with Gasteiger partial charge >= 0.3 is 0 Å². The quantitative estimate of drug-likeness (QED) is 0.771. The van der Waals surface area contributed by atoms with Gasteiger partial charge in [0.2, 0.25) is 0 Å². The van der Waals surface area contributed by atoms with Gasteiger partial charge in [-0.25, -0.2) is 0 Å². The van der Waals surface area contributed by atoms with Gasteiger partial charge in [0, 0.05) is 6.16 Å². The summed E-state index contributed by atoms with van der Waals surface area (Å²) in [6, 6.07) is 21.6. The van der Waals surface area contributed by atoms with Gasteiger partial charge in [-0.15, -0.1) is 0 Å². The molecule has 0 amide bonds. The van der Waals surface area contributed by atoms with Crippen LogP contribution in [0.1, 0.15) is 27.2 Å². The van der Waals surface area contributed by atoms with Crippen LogP contribution in [0.3, 0.4) is 0 Å². The molecule has 1 aliphatic heterocycles. The third kappa shape index (κ3) is 4.01. The zero-order valence-corrected chi connectivity index (χ0v) is 15.0. The van der Waals surface area contributed by atoms with E-state index in [0.717, 1.165) is 12.6 Å². The lowest BCUT2D eigenvalue weighted by Crippen LogP contribution is -2.29. The Morgan fingerprint density at radius 2 is 1.30 bits per heavy atom. The molecule has 0 spiro atoms. The summed E-state index contributed by atoms with van der Waals surface area (Å²) >= 11 is 0. The number of ether oxygens (including phenoxy) is 2. The van der Waals surface area contributed by atoms with E-state index in [1.54, 1.807) is 0 Å². The van der Waals surface area contributed by atoms with Gasteiger partial charge in [-0.05, 0) is 38.8 Å². The molecule has 2 nitrogen and oxygen atoms in total. The second-order valence-electron chi connectivity index (χ2n) is 6.40. The summed E-state index contributed by atoms with van der Waals surface area (Å²) in [6.45, 7) is 6.21. The number of hydrogen-bond acceptors (Lipinski definition) is 2. The van der Waals surface area contributed by atoms with Crippen molar-refractivity contribution in [1.29, 1.82) is 0 Å². The summed E-state index contributed by atoms with van der Waals surface area (Å²) in [6.07, 6.45) is 2.33. The highest BCUT2D eigenvalue weighted by atomic mass is 31.1. The number of hydrogen-bond donors (Lipinski definition) is 0. The van der Waals surface area contributed by atoms with Crippen LogP contribution >= 0.6 is 7.92 Å². The van der Waals surface area contributed by atoms with E-state index in [0.29, 0.717) is 0 Å². The highest BCUT2D eigenvalue weighted by molar-refractivity contribution is 7.73. The standard InChI is InChI=1S/C20H25O2P/c1-4-18-19(22-20(2,3)21-18)15-23(16-11-7-5-8-12-16)17-13-9-6-10-14-17/h5-14,18-19H,4,15H2,1-3H3/t18-,19-/m1/s1. The van der Waals surface area contributed by atoms with Gasteiger partial charge < -0.3 is 9.47 Å². The molecule has 1 heterocycles. The van der Waals surface area contributed by atoms with E-state index in [9.17, 15) is 0 Å². The highest BCUT2D eigenvalue weighted by Crippen LogP contribution is 2.40. The van der Waals surface area contributed by atoms with E-state index in [4.69, 9.17) is 9.47 Å². The summed E-state index contributed by atoms with van der Waals surface area (Å²) in [7, 11) is -0.441. The summed E-state index contributed by atoms with van der Waals surface area (Å²) in [5.74, 6) is -0.472. The molecule has 2 aromatic rings. The van der Waals surface area contributed by atoms with Crippen LogP contribution in [0.15, 0.2) is 60.7 Å². The van der Waals surface area contributed by atoms with Gasteiger partial charge in [0.05, 0.1) is 12.2 Å². The van der Waals surface area contributed by atoms with Crippen molar-refractivity contribution in [2.45, 2.75) is 45.2 Å². The summed E-state index contributed by atoms with van der Waals surface area (Å²) in [5, 5.41) is 2.80. The Morgan fingerprint density at radius 3 is 1.78 bits per heavy atom. The summed E-state index contributed by atoms with van der Waals surface area (Å²) in [4.78, 5) is 0. The summed E-state index contributed by atoms with van der Waals surface area (Å²) in [5.41, 5.74) is 0. The first kappa shape index (κ1) is 16.6. The van der Waals surface area contributed by atoms with Gasteiger partial charge in [-0.1, -0.05) is 67.6 Å². The maximum Gasteiger partial charge on any atom is 0.163 e. The minimum atomic E-state index is -0.472. The second-order valence-corrected chi connectivity index (χ2v) is 8.66. The Labute approximate surface area is 140 Å². The van der Waals surface area contributed by atoms with E-state index in [1.807, 2.05) is 13.8 Å².